The van der Waals surface area contributed by atoms with Crippen molar-refractivity contribution >= 4 is 11.9 Å². The fourth-order valence-electron chi connectivity index (χ4n) is 2.51. The molecule has 0 saturated carbocycles. The molecule has 1 atom stereocenters. The monoisotopic (exact) mass is 341 g/mol. The number of benzene rings is 2. The predicted molar refractivity (Wildman–Crippen MR) is 96.2 cm³/mol. The lowest BCUT2D eigenvalue weighted by Crippen LogP contribution is -2.37. The zero-order valence-electron chi connectivity index (χ0n) is 14.2. The number of nitrogens with one attached hydrogen (secondary N) is 2. The summed E-state index contributed by atoms with van der Waals surface area (Å²) < 4.78 is 5.11. The van der Waals surface area contributed by atoms with Crippen LogP contribution in [0.4, 0.5) is 4.79 Å². The SMILES string of the molecule is COc1ccc(CCNC(=O)C[C@H](NC(N)=O)c2ccccc2)cc1. The van der Waals surface area contributed by atoms with Crippen molar-refractivity contribution in [2.45, 2.75) is 18.9 Å². The highest BCUT2D eigenvalue weighted by Gasteiger charge is 2.16. The predicted octanol–water partition coefficient (Wildman–Crippen LogP) is 2.15. The molecule has 3 amide bonds. The standard InChI is InChI=1S/C19H23N3O3/c1-25-16-9-7-14(8-10-16)11-12-21-18(23)13-17(22-19(20)24)15-5-3-2-4-6-15/h2-10,17H,11-13H2,1H3,(H,21,23)(H3,20,22,24)/t17-/m0/s1. The molecule has 2 aromatic rings. The van der Waals surface area contributed by atoms with E-state index in [1.807, 2.05) is 54.6 Å². The number of amides is 3. The van der Waals surface area contributed by atoms with Crippen LogP contribution in [-0.4, -0.2) is 25.6 Å². The normalized spacial score (nSPS) is 11.4. The van der Waals surface area contributed by atoms with Gasteiger partial charge in [-0.15, -0.1) is 0 Å². The number of hydrogen-bond donors (Lipinski definition) is 3. The van der Waals surface area contributed by atoms with Crippen molar-refractivity contribution in [1.29, 1.82) is 0 Å². The highest BCUT2D eigenvalue weighted by atomic mass is 16.5. The molecule has 4 N–H and O–H groups in total. The van der Waals surface area contributed by atoms with Gasteiger partial charge in [0.05, 0.1) is 19.6 Å². The van der Waals surface area contributed by atoms with E-state index in [1.54, 1.807) is 7.11 Å². The van der Waals surface area contributed by atoms with Crippen LogP contribution in [0.15, 0.2) is 54.6 Å². The van der Waals surface area contributed by atoms with Crippen LogP contribution in [0.25, 0.3) is 0 Å². The molecule has 6 nitrogen and oxygen atoms in total. The lowest BCUT2D eigenvalue weighted by atomic mass is 10.0. The quantitative estimate of drug-likeness (QED) is 0.687. The van der Waals surface area contributed by atoms with Crippen molar-refractivity contribution in [2.75, 3.05) is 13.7 Å². The van der Waals surface area contributed by atoms with Gasteiger partial charge in [-0.1, -0.05) is 42.5 Å². The summed E-state index contributed by atoms with van der Waals surface area (Å²) >= 11 is 0. The molecule has 0 aliphatic rings. The van der Waals surface area contributed by atoms with Gasteiger partial charge in [-0.2, -0.15) is 0 Å². The molecule has 0 fully saturated rings. The first-order valence-electron chi connectivity index (χ1n) is 8.09. The maximum atomic E-state index is 12.2. The molecule has 25 heavy (non-hydrogen) atoms. The van der Waals surface area contributed by atoms with Gasteiger partial charge in [-0.25, -0.2) is 4.79 Å². The lowest BCUT2D eigenvalue weighted by Gasteiger charge is -2.17. The number of ether oxygens (including phenoxy) is 1. The number of nitrogens with two attached hydrogens (primary N) is 1. The molecular weight excluding hydrogens is 318 g/mol. The third-order valence-electron chi connectivity index (χ3n) is 3.80. The number of methoxy groups -OCH3 is 1. The second-order valence-electron chi connectivity index (χ2n) is 5.62. The molecular formula is C19H23N3O3. The Labute approximate surface area is 147 Å². The number of primary amides is 1. The van der Waals surface area contributed by atoms with Crippen LogP contribution in [-0.2, 0) is 11.2 Å². The Hall–Kier alpha value is -3.02. The third-order valence-corrected chi connectivity index (χ3v) is 3.80. The number of rotatable bonds is 8. The van der Waals surface area contributed by atoms with E-state index in [9.17, 15) is 9.59 Å². The first-order chi connectivity index (χ1) is 12.1. The summed E-state index contributed by atoms with van der Waals surface area (Å²) in [4.78, 5) is 23.4. The second kappa shape index (κ2) is 9.32. The smallest absolute Gasteiger partial charge is 0.312 e. The molecule has 132 valence electrons. The van der Waals surface area contributed by atoms with Gasteiger partial charge in [-0.3, -0.25) is 4.79 Å². The summed E-state index contributed by atoms with van der Waals surface area (Å²) in [7, 11) is 1.62. The van der Waals surface area contributed by atoms with Crippen LogP contribution in [0.2, 0.25) is 0 Å². The molecule has 0 spiro atoms. The highest BCUT2D eigenvalue weighted by molar-refractivity contribution is 5.78. The third kappa shape index (κ3) is 6.18. The molecule has 0 bridgehead atoms. The van der Waals surface area contributed by atoms with E-state index in [2.05, 4.69) is 10.6 Å². The average Bonchev–Trinajstić information content (AvgIpc) is 2.62. The summed E-state index contributed by atoms with van der Waals surface area (Å²) in [5.41, 5.74) is 7.16. The molecule has 0 radical (unpaired) electrons. The molecule has 0 heterocycles. The Bertz CT molecular complexity index is 687. The number of carbonyl (C=O) groups excluding carboxylic acids is 2. The minimum atomic E-state index is -0.653. The topological polar surface area (TPSA) is 93.4 Å². The summed E-state index contributed by atoms with van der Waals surface area (Å²) in [6.07, 6.45) is 0.852. The van der Waals surface area contributed by atoms with E-state index < -0.39 is 12.1 Å². The first kappa shape index (κ1) is 18.3. The van der Waals surface area contributed by atoms with Crippen molar-refractivity contribution in [3.63, 3.8) is 0 Å². The Kier molecular flexibility index (Phi) is 6.83. The van der Waals surface area contributed by atoms with Crippen LogP contribution in [0, 0.1) is 0 Å². The molecule has 6 heteroatoms. The van der Waals surface area contributed by atoms with Crippen molar-refractivity contribution in [3.05, 3.63) is 65.7 Å². The van der Waals surface area contributed by atoms with Gasteiger partial charge in [0.1, 0.15) is 5.75 Å². The van der Waals surface area contributed by atoms with Crippen molar-refractivity contribution < 1.29 is 14.3 Å². The molecule has 0 aliphatic carbocycles. The van der Waals surface area contributed by atoms with E-state index in [4.69, 9.17) is 10.5 Å². The zero-order valence-corrected chi connectivity index (χ0v) is 14.2. The van der Waals surface area contributed by atoms with Crippen LogP contribution in [0.1, 0.15) is 23.6 Å². The Morgan fingerprint density at radius 3 is 2.36 bits per heavy atom. The average molecular weight is 341 g/mol. The van der Waals surface area contributed by atoms with Crippen LogP contribution in [0.3, 0.4) is 0 Å². The van der Waals surface area contributed by atoms with Gasteiger partial charge in [0, 0.05) is 6.54 Å². The van der Waals surface area contributed by atoms with E-state index in [0.717, 1.165) is 23.3 Å². The molecule has 2 aromatic carbocycles. The molecule has 0 saturated heterocycles. The van der Waals surface area contributed by atoms with Crippen molar-refractivity contribution in [2.24, 2.45) is 5.73 Å². The molecule has 2 rings (SSSR count). The minimum absolute atomic E-state index is 0.134. The summed E-state index contributed by atoms with van der Waals surface area (Å²) in [5, 5.41) is 5.48. The summed E-state index contributed by atoms with van der Waals surface area (Å²) in [6.45, 7) is 0.517. The maximum absolute atomic E-state index is 12.2. The van der Waals surface area contributed by atoms with Gasteiger partial charge in [-0.05, 0) is 29.7 Å². The number of urea groups is 1. The van der Waals surface area contributed by atoms with E-state index in [-0.39, 0.29) is 12.3 Å². The Morgan fingerprint density at radius 2 is 1.76 bits per heavy atom. The summed E-state index contributed by atoms with van der Waals surface area (Å²) in [5.74, 6) is 0.659. The van der Waals surface area contributed by atoms with Crippen LogP contribution in [0.5, 0.6) is 5.75 Å². The van der Waals surface area contributed by atoms with Gasteiger partial charge in [0.25, 0.3) is 0 Å². The number of carbonyl (C=O) groups is 2. The molecule has 0 unspecified atom stereocenters. The largest absolute Gasteiger partial charge is 0.497 e. The first-order valence-corrected chi connectivity index (χ1v) is 8.09. The van der Waals surface area contributed by atoms with E-state index in [1.165, 1.54) is 0 Å². The molecule has 0 aliphatic heterocycles. The van der Waals surface area contributed by atoms with Gasteiger partial charge in [0.2, 0.25) is 5.91 Å². The molecule has 0 aromatic heterocycles. The van der Waals surface area contributed by atoms with E-state index in [0.29, 0.717) is 6.54 Å². The summed E-state index contributed by atoms with van der Waals surface area (Å²) in [6, 6.07) is 15.9. The Morgan fingerprint density at radius 1 is 1.08 bits per heavy atom. The van der Waals surface area contributed by atoms with Crippen molar-refractivity contribution in [3.8, 4) is 5.75 Å². The van der Waals surface area contributed by atoms with Crippen LogP contribution >= 0.6 is 0 Å². The number of hydrogen-bond acceptors (Lipinski definition) is 3. The maximum Gasteiger partial charge on any atom is 0.312 e. The fraction of sp³-hybridized carbons (Fsp3) is 0.263. The zero-order chi connectivity index (χ0) is 18.1. The Balaban J connectivity index is 1.84. The van der Waals surface area contributed by atoms with Gasteiger partial charge >= 0.3 is 6.03 Å². The van der Waals surface area contributed by atoms with E-state index >= 15 is 0 Å². The van der Waals surface area contributed by atoms with Crippen LogP contribution < -0.4 is 21.1 Å². The van der Waals surface area contributed by atoms with Gasteiger partial charge < -0.3 is 21.1 Å². The fourth-order valence-corrected chi connectivity index (χ4v) is 2.51. The van der Waals surface area contributed by atoms with Crippen molar-refractivity contribution in [1.82, 2.24) is 10.6 Å². The minimum Gasteiger partial charge on any atom is -0.497 e. The highest BCUT2D eigenvalue weighted by Crippen LogP contribution is 2.16. The lowest BCUT2D eigenvalue weighted by molar-refractivity contribution is -0.121. The second-order valence-corrected chi connectivity index (χ2v) is 5.62. The van der Waals surface area contributed by atoms with Gasteiger partial charge in [0.15, 0.2) is 0 Å².